The van der Waals surface area contributed by atoms with Gasteiger partial charge in [0, 0.05) is 22.4 Å². The van der Waals surface area contributed by atoms with Crippen LogP contribution in [0, 0.1) is 0 Å². The zero-order valence-electron chi connectivity index (χ0n) is 8.93. The van der Waals surface area contributed by atoms with Crippen molar-refractivity contribution < 1.29 is 9.15 Å². The summed E-state index contributed by atoms with van der Waals surface area (Å²) >= 11 is 0. The molecule has 0 amide bonds. The number of furan rings is 1. The van der Waals surface area contributed by atoms with Gasteiger partial charge < -0.3 is 9.15 Å². The second-order valence-electron chi connectivity index (χ2n) is 3.55. The van der Waals surface area contributed by atoms with Crippen molar-refractivity contribution in [3.05, 3.63) is 36.7 Å². The van der Waals surface area contributed by atoms with Crippen LogP contribution in [0.4, 0.5) is 0 Å². The van der Waals surface area contributed by atoms with E-state index in [9.17, 15) is 0 Å². The summed E-state index contributed by atoms with van der Waals surface area (Å²) in [6, 6.07) is 7.94. The lowest BCUT2D eigenvalue weighted by Crippen LogP contribution is -1.94. The van der Waals surface area contributed by atoms with Crippen LogP contribution in [0.5, 0.6) is 5.88 Å². The highest BCUT2D eigenvalue weighted by atomic mass is 16.5. The number of ether oxygens (including phenoxy) is 1. The van der Waals surface area contributed by atoms with Gasteiger partial charge >= 0.3 is 0 Å². The number of fused-ring (bicyclic) bond motifs is 3. The second-order valence-corrected chi connectivity index (χ2v) is 3.55. The van der Waals surface area contributed by atoms with Crippen LogP contribution in [0.25, 0.3) is 21.7 Å². The molecule has 2 heterocycles. The van der Waals surface area contributed by atoms with Gasteiger partial charge in [-0.15, -0.1) is 0 Å². The summed E-state index contributed by atoms with van der Waals surface area (Å²) in [4.78, 5) is 4.22. The van der Waals surface area contributed by atoms with E-state index in [0.29, 0.717) is 12.5 Å². The van der Waals surface area contributed by atoms with E-state index in [1.54, 1.807) is 12.5 Å². The van der Waals surface area contributed by atoms with Gasteiger partial charge in [-0.05, 0) is 25.1 Å². The minimum Gasteiger partial charge on any atom is -0.478 e. The molecule has 16 heavy (non-hydrogen) atoms. The SMILES string of the molecule is CCOc1nccc2c1ccc1ccoc12. The van der Waals surface area contributed by atoms with Gasteiger partial charge in [-0.2, -0.15) is 0 Å². The Morgan fingerprint density at radius 2 is 2.12 bits per heavy atom. The summed E-state index contributed by atoms with van der Waals surface area (Å²) < 4.78 is 11.0. The topological polar surface area (TPSA) is 35.3 Å². The first-order chi connectivity index (χ1) is 7.90. The van der Waals surface area contributed by atoms with Crippen LogP contribution < -0.4 is 4.74 Å². The molecule has 0 unspecified atom stereocenters. The molecular formula is C13H11NO2. The molecule has 0 saturated heterocycles. The van der Waals surface area contributed by atoms with E-state index in [0.717, 1.165) is 21.7 Å². The monoisotopic (exact) mass is 213 g/mol. The van der Waals surface area contributed by atoms with Gasteiger partial charge in [0.1, 0.15) is 5.58 Å². The van der Waals surface area contributed by atoms with Gasteiger partial charge in [-0.25, -0.2) is 4.98 Å². The Bertz CT molecular complexity index is 643. The molecule has 0 N–H and O–H groups in total. The third kappa shape index (κ3) is 1.25. The van der Waals surface area contributed by atoms with Gasteiger partial charge in [0.05, 0.1) is 12.9 Å². The number of rotatable bonds is 2. The highest BCUT2D eigenvalue weighted by Crippen LogP contribution is 2.30. The molecule has 3 nitrogen and oxygen atoms in total. The Hall–Kier alpha value is -2.03. The molecular weight excluding hydrogens is 202 g/mol. The number of aromatic nitrogens is 1. The average molecular weight is 213 g/mol. The summed E-state index contributed by atoms with van der Waals surface area (Å²) in [7, 11) is 0. The zero-order chi connectivity index (χ0) is 11.0. The molecule has 0 atom stereocenters. The lowest BCUT2D eigenvalue weighted by Gasteiger charge is -2.05. The summed E-state index contributed by atoms with van der Waals surface area (Å²) in [6.07, 6.45) is 3.44. The van der Waals surface area contributed by atoms with Crippen LogP contribution in [0.15, 0.2) is 41.1 Å². The van der Waals surface area contributed by atoms with Crippen molar-refractivity contribution in [3.8, 4) is 5.88 Å². The Morgan fingerprint density at radius 3 is 3.00 bits per heavy atom. The Labute approximate surface area is 92.7 Å². The Morgan fingerprint density at radius 1 is 1.19 bits per heavy atom. The summed E-state index contributed by atoms with van der Waals surface area (Å²) in [5.41, 5.74) is 0.890. The molecule has 3 heteroatoms. The average Bonchev–Trinajstić information content (AvgIpc) is 2.78. The number of benzene rings is 1. The van der Waals surface area contributed by atoms with E-state index in [1.165, 1.54) is 0 Å². The van der Waals surface area contributed by atoms with Crippen LogP contribution in [0.2, 0.25) is 0 Å². The minimum atomic E-state index is 0.613. The van der Waals surface area contributed by atoms with E-state index < -0.39 is 0 Å². The smallest absolute Gasteiger partial charge is 0.221 e. The maximum absolute atomic E-state index is 5.49. The lowest BCUT2D eigenvalue weighted by atomic mass is 10.1. The van der Waals surface area contributed by atoms with E-state index in [-0.39, 0.29) is 0 Å². The van der Waals surface area contributed by atoms with Gasteiger partial charge in [-0.3, -0.25) is 0 Å². The first-order valence-corrected chi connectivity index (χ1v) is 5.28. The van der Waals surface area contributed by atoms with Crippen molar-refractivity contribution in [2.24, 2.45) is 0 Å². The molecule has 3 aromatic rings. The standard InChI is InChI=1S/C13H11NO2/c1-2-15-13-11-4-3-9-6-8-16-12(9)10(11)5-7-14-13/h3-8H,2H2,1H3. The molecule has 0 aliphatic rings. The van der Waals surface area contributed by atoms with Crippen molar-refractivity contribution in [1.29, 1.82) is 0 Å². The highest BCUT2D eigenvalue weighted by Gasteiger charge is 2.07. The maximum Gasteiger partial charge on any atom is 0.221 e. The van der Waals surface area contributed by atoms with E-state index in [4.69, 9.17) is 9.15 Å². The van der Waals surface area contributed by atoms with Crippen molar-refractivity contribution in [3.63, 3.8) is 0 Å². The second kappa shape index (κ2) is 3.52. The molecule has 80 valence electrons. The van der Waals surface area contributed by atoms with E-state index in [2.05, 4.69) is 4.98 Å². The van der Waals surface area contributed by atoms with E-state index >= 15 is 0 Å². The van der Waals surface area contributed by atoms with Crippen molar-refractivity contribution in [2.45, 2.75) is 6.92 Å². The largest absolute Gasteiger partial charge is 0.478 e. The predicted octanol–water partition coefficient (Wildman–Crippen LogP) is 3.38. The maximum atomic E-state index is 5.49. The van der Waals surface area contributed by atoms with Crippen LogP contribution in [-0.4, -0.2) is 11.6 Å². The molecule has 2 aromatic heterocycles. The molecule has 0 aliphatic heterocycles. The predicted molar refractivity (Wildman–Crippen MR) is 62.7 cm³/mol. The fourth-order valence-electron chi connectivity index (χ4n) is 1.91. The molecule has 3 rings (SSSR count). The van der Waals surface area contributed by atoms with Crippen LogP contribution >= 0.6 is 0 Å². The quantitative estimate of drug-likeness (QED) is 0.654. The first kappa shape index (κ1) is 9.21. The minimum absolute atomic E-state index is 0.613. The number of pyridine rings is 1. The normalized spacial score (nSPS) is 11.1. The third-order valence-electron chi connectivity index (χ3n) is 2.60. The summed E-state index contributed by atoms with van der Waals surface area (Å²) in [5.74, 6) is 0.665. The Kier molecular flexibility index (Phi) is 2.03. The summed E-state index contributed by atoms with van der Waals surface area (Å²) in [5, 5.41) is 3.13. The first-order valence-electron chi connectivity index (χ1n) is 5.28. The van der Waals surface area contributed by atoms with Gasteiger partial charge in [0.25, 0.3) is 0 Å². The molecule has 0 spiro atoms. The van der Waals surface area contributed by atoms with Crippen molar-refractivity contribution in [2.75, 3.05) is 6.61 Å². The molecule has 0 fully saturated rings. The molecule has 1 aromatic carbocycles. The Balaban J connectivity index is 2.39. The number of hydrogen-bond donors (Lipinski definition) is 0. The number of hydrogen-bond acceptors (Lipinski definition) is 3. The highest BCUT2D eigenvalue weighted by molar-refractivity contribution is 6.05. The van der Waals surface area contributed by atoms with Gasteiger partial charge in [-0.1, -0.05) is 6.07 Å². The molecule has 0 saturated carbocycles. The van der Waals surface area contributed by atoms with Crippen LogP contribution in [-0.2, 0) is 0 Å². The van der Waals surface area contributed by atoms with Crippen molar-refractivity contribution in [1.82, 2.24) is 4.98 Å². The molecule has 0 radical (unpaired) electrons. The van der Waals surface area contributed by atoms with Gasteiger partial charge in [0.2, 0.25) is 5.88 Å². The van der Waals surface area contributed by atoms with E-state index in [1.807, 2.05) is 31.2 Å². The molecule has 0 aliphatic carbocycles. The van der Waals surface area contributed by atoms with Gasteiger partial charge in [0.15, 0.2) is 0 Å². The lowest BCUT2D eigenvalue weighted by molar-refractivity contribution is 0.331. The molecule has 0 bridgehead atoms. The summed E-state index contributed by atoms with van der Waals surface area (Å²) in [6.45, 7) is 2.56. The third-order valence-corrected chi connectivity index (χ3v) is 2.60. The fourth-order valence-corrected chi connectivity index (χ4v) is 1.91. The number of nitrogens with zero attached hydrogens (tertiary/aromatic N) is 1. The van der Waals surface area contributed by atoms with Crippen LogP contribution in [0.1, 0.15) is 6.92 Å². The fraction of sp³-hybridized carbons (Fsp3) is 0.154. The van der Waals surface area contributed by atoms with Crippen LogP contribution in [0.3, 0.4) is 0 Å². The zero-order valence-corrected chi connectivity index (χ0v) is 8.93. The van der Waals surface area contributed by atoms with Crippen molar-refractivity contribution >= 4 is 21.7 Å².